The van der Waals surface area contributed by atoms with Gasteiger partial charge in [0, 0.05) is 48.9 Å². The van der Waals surface area contributed by atoms with Crippen LogP contribution in [0, 0.1) is 6.92 Å². The third kappa shape index (κ3) is 2.42. The summed E-state index contributed by atoms with van der Waals surface area (Å²) in [5, 5.41) is 7.77. The first-order chi connectivity index (χ1) is 12.2. The summed E-state index contributed by atoms with van der Waals surface area (Å²) in [6.07, 6.45) is 3.62. The average Bonchev–Trinajstić information content (AvgIpc) is 3.12. The Bertz CT molecular complexity index is 941. The fraction of sp³-hybridized carbons (Fsp3) is 0.350. The quantitative estimate of drug-likeness (QED) is 0.741. The highest BCUT2D eigenvalue weighted by Crippen LogP contribution is 2.38. The summed E-state index contributed by atoms with van der Waals surface area (Å²) in [6.45, 7) is 4.59. The second-order valence-corrected chi connectivity index (χ2v) is 6.87. The molecule has 0 saturated carbocycles. The van der Waals surface area contributed by atoms with Gasteiger partial charge in [-0.15, -0.1) is 0 Å². The van der Waals surface area contributed by atoms with Crippen LogP contribution >= 0.6 is 0 Å². The summed E-state index contributed by atoms with van der Waals surface area (Å²) >= 11 is 0. The van der Waals surface area contributed by atoms with Gasteiger partial charge in [-0.05, 0) is 36.8 Å². The SMILES string of the molecule is Cc1c(-c2ccc3c(c2)COC2(CCNCC2)O3)ccc2ccnn12. The van der Waals surface area contributed by atoms with Crippen molar-refractivity contribution in [2.45, 2.75) is 32.2 Å². The van der Waals surface area contributed by atoms with Crippen LogP contribution in [0.5, 0.6) is 5.75 Å². The van der Waals surface area contributed by atoms with Gasteiger partial charge in [-0.2, -0.15) is 5.10 Å². The van der Waals surface area contributed by atoms with E-state index in [-0.39, 0.29) is 0 Å². The van der Waals surface area contributed by atoms with E-state index in [9.17, 15) is 0 Å². The highest BCUT2D eigenvalue weighted by molar-refractivity contribution is 5.70. The molecule has 25 heavy (non-hydrogen) atoms. The number of piperidine rings is 1. The topological polar surface area (TPSA) is 47.8 Å². The summed E-state index contributed by atoms with van der Waals surface area (Å²) in [4.78, 5) is 0. The lowest BCUT2D eigenvalue weighted by Gasteiger charge is -2.41. The molecule has 5 nitrogen and oxygen atoms in total. The van der Waals surface area contributed by atoms with Gasteiger partial charge in [0.05, 0.1) is 12.1 Å². The Labute approximate surface area is 146 Å². The van der Waals surface area contributed by atoms with Crippen molar-refractivity contribution in [1.82, 2.24) is 14.9 Å². The molecule has 1 spiro atoms. The smallest absolute Gasteiger partial charge is 0.213 e. The highest BCUT2D eigenvalue weighted by Gasteiger charge is 2.38. The number of pyridine rings is 1. The molecule has 2 aromatic heterocycles. The number of hydrogen-bond donors (Lipinski definition) is 1. The molecule has 0 bridgehead atoms. The molecule has 5 heteroatoms. The Morgan fingerprint density at radius 2 is 2.00 bits per heavy atom. The van der Waals surface area contributed by atoms with Crippen LogP contribution in [-0.4, -0.2) is 28.5 Å². The molecule has 1 N–H and O–H groups in total. The minimum absolute atomic E-state index is 0.441. The first-order valence-electron chi connectivity index (χ1n) is 8.84. The molecule has 0 atom stereocenters. The molecule has 2 aliphatic rings. The number of rotatable bonds is 1. The summed E-state index contributed by atoms with van der Waals surface area (Å²) in [5.41, 5.74) is 5.71. The third-order valence-electron chi connectivity index (χ3n) is 5.32. The van der Waals surface area contributed by atoms with Crippen LogP contribution in [0.1, 0.15) is 24.1 Å². The van der Waals surface area contributed by atoms with E-state index in [1.165, 1.54) is 11.1 Å². The van der Waals surface area contributed by atoms with Crippen molar-refractivity contribution in [2.75, 3.05) is 13.1 Å². The lowest BCUT2D eigenvalue weighted by atomic mass is 9.99. The van der Waals surface area contributed by atoms with Crippen molar-refractivity contribution in [1.29, 1.82) is 0 Å². The van der Waals surface area contributed by atoms with Gasteiger partial charge in [-0.3, -0.25) is 0 Å². The Morgan fingerprint density at radius 1 is 1.12 bits per heavy atom. The second-order valence-electron chi connectivity index (χ2n) is 6.87. The van der Waals surface area contributed by atoms with Crippen molar-refractivity contribution < 1.29 is 9.47 Å². The Hall–Kier alpha value is -2.37. The lowest BCUT2D eigenvalue weighted by Crippen LogP contribution is -2.49. The number of ether oxygens (including phenoxy) is 2. The van der Waals surface area contributed by atoms with Gasteiger partial charge in [0.1, 0.15) is 5.75 Å². The first-order valence-corrected chi connectivity index (χ1v) is 8.84. The predicted molar refractivity (Wildman–Crippen MR) is 95.6 cm³/mol. The fourth-order valence-corrected chi connectivity index (χ4v) is 3.88. The molecule has 0 amide bonds. The van der Waals surface area contributed by atoms with Crippen molar-refractivity contribution in [3.63, 3.8) is 0 Å². The van der Waals surface area contributed by atoms with Crippen LogP contribution in [0.3, 0.4) is 0 Å². The molecule has 5 rings (SSSR count). The van der Waals surface area contributed by atoms with Gasteiger partial charge in [-0.25, -0.2) is 4.52 Å². The lowest BCUT2D eigenvalue weighted by molar-refractivity contribution is -0.218. The van der Waals surface area contributed by atoms with Crippen LogP contribution in [0.2, 0.25) is 0 Å². The van der Waals surface area contributed by atoms with Gasteiger partial charge in [0.25, 0.3) is 0 Å². The number of fused-ring (bicyclic) bond motifs is 2. The minimum Gasteiger partial charge on any atom is -0.462 e. The van der Waals surface area contributed by atoms with E-state index in [2.05, 4.69) is 47.7 Å². The maximum atomic E-state index is 6.26. The van der Waals surface area contributed by atoms with Crippen molar-refractivity contribution in [3.8, 4) is 16.9 Å². The largest absolute Gasteiger partial charge is 0.462 e. The van der Waals surface area contributed by atoms with Crippen LogP contribution in [0.4, 0.5) is 0 Å². The van der Waals surface area contributed by atoms with Gasteiger partial charge >= 0.3 is 0 Å². The van der Waals surface area contributed by atoms with E-state index >= 15 is 0 Å². The predicted octanol–water partition coefficient (Wildman–Crippen LogP) is 3.30. The van der Waals surface area contributed by atoms with Gasteiger partial charge < -0.3 is 14.8 Å². The van der Waals surface area contributed by atoms with E-state index in [0.29, 0.717) is 6.61 Å². The molecule has 4 heterocycles. The zero-order valence-electron chi connectivity index (χ0n) is 14.3. The molecule has 0 aliphatic carbocycles. The molecule has 0 unspecified atom stereocenters. The van der Waals surface area contributed by atoms with E-state index in [1.807, 2.05) is 16.8 Å². The van der Waals surface area contributed by atoms with Gasteiger partial charge in [0.15, 0.2) is 0 Å². The summed E-state index contributed by atoms with van der Waals surface area (Å²) in [6, 6.07) is 12.7. The first kappa shape index (κ1) is 14.9. The fourth-order valence-electron chi connectivity index (χ4n) is 3.88. The third-order valence-corrected chi connectivity index (χ3v) is 5.32. The Morgan fingerprint density at radius 3 is 2.88 bits per heavy atom. The maximum Gasteiger partial charge on any atom is 0.213 e. The molecular formula is C20H21N3O2. The average molecular weight is 335 g/mol. The van der Waals surface area contributed by atoms with Crippen molar-refractivity contribution in [2.24, 2.45) is 0 Å². The molecular weight excluding hydrogens is 314 g/mol. The van der Waals surface area contributed by atoms with E-state index < -0.39 is 5.79 Å². The monoisotopic (exact) mass is 335 g/mol. The van der Waals surface area contributed by atoms with Crippen molar-refractivity contribution in [3.05, 3.63) is 53.9 Å². The van der Waals surface area contributed by atoms with Gasteiger partial charge in [-0.1, -0.05) is 12.1 Å². The van der Waals surface area contributed by atoms with Gasteiger partial charge in [0.2, 0.25) is 5.79 Å². The molecule has 1 aromatic carbocycles. The molecule has 128 valence electrons. The number of nitrogens with one attached hydrogen (secondary N) is 1. The Kier molecular flexibility index (Phi) is 3.33. The molecule has 1 saturated heterocycles. The van der Waals surface area contributed by atoms with Crippen LogP contribution < -0.4 is 10.1 Å². The summed E-state index contributed by atoms with van der Waals surface area (Å²) in [5.74, 6) is 0.513. The molecule has 3 aromatic rings. The molecule has 1 fully saturated rings. The zero-order valence-corrected chi connectivity index (χ0v) is 14.3. The molecule has 0 radical (unpaired) electrons. The summed E-state index contributed by atoms with van der Waals surface area (Å²) < 4.78 is 14.4. The second kappa shape index (κ2) is 5.58. The van der Waals surface area contributed by atoms with Crippen LogP contribution in [-0.2, 0) is 11.3 Å². The number of nitrogens with zero attached hydrogens (tertiary/aromatic N) is 2. The summed E-state index contributed by atoms with van der Waals surface area (Å²) in [7, 11) is 0. The standard InChI is InChI=1S/C20H21N3O2/c1-14-18(4-3-17-6-9-22-23(14)17)15-2-5-19-16(12-15)13-24-20(25-19)7-10-21-11-8-20/h2-6,9,12,21H,7-8,10-11,13H2,1H3. The zero-order chi connectivity index (χ0) is 16.9. The number of aryl methyl sites for hydroxylation is 1. The minimum atomic E-state index is -0.441. The van der Waals surface area contributed by atoms with Crippen LogP contribution in [0.15, 0.2) is 42.6 Å². The van der Waals surface area contributed by atoms with Crippen molar-refractivity contribution >= 4 is 5.52 Å². The number of aromatic nitrogens is 2. The van der Waals surface area contributed by atoms with E-state index in [1.54, 1.807) is 0 Å². The molecule has 2 aliphatic heterocycles. The van der Waals surface area contributed by atoms with E-state index in [0.717, 1.165) is 48.5 Å². The van der Waals surface area contributed by atoms with Crippen LogP contribution in [0.25, 0.3) is 16.6 Å². The maximum absolute atomic E-state index is 6.26. The number of hydrogen-bond acceptors (Lipinski definition) is 4. The normalized spacial score (nSPS) is 18.9. The highest BCUT2D eigenvalue weighted by atomic mass is 16.7. The Balaban J connectivity index is 1.51. The van der Waals surface area contributed by atoms with E-state index in [4.69, 9.17) is 9.47 Å². The number of benzene rings is 1.